The minimum Gasteiger partial charge on any atom is -0.155 e. The second-order valence-electron chi connectivity index (χ2n) is 5.53. The van der Waals surface area contributed by atoms with E-state index in [-0.39, 0.29) is 0 Å². The van der Waals surface area contributed by atoms with Crippen molar-refractivity contribution in [3.05, 3.63) is 23.0 Å². The van der Waals surface area contributed by atoms with Crippen LogP contribution < -0.4 is 0 Å². The average Bonchev–Trinajstić information content (AvgIpc) is 2.85. The van der Waals surface area contributed by atoms with Crippen LogP contribution in [-0.4, -0.2) is 10.2 Å². The Balaban J connectivity index is 1.70. The van der Waals surface area contributed by atoms with Crippen molar-refractivity contribution in [1.29, 1.82) is 0 Å². The fourth-order valence-electron chi connectivity index (χ4n) is 3.33. The lowest BCUT2D eigenvalue weighted by atomic mass is 9.95. The van der Waals surface area contributed by atoms with E-state index < -0.39 is 0 Å². The third-order valence-electron chi connectivity index (χ3n) is 4.36. The van der Waals surface area contributed by atoms with E-state index in [0.29, 0.717) is 0 Å². The Hall–Kier alpha value is -0.920. The first-order chi connectivity index (χ1) is 7.40. The van der Waals surface area contributed by atoms with Crippen molar-refractivity contribution in [3.63, 3.8) is 0 Å². The topological polar surface area (TPSA) is 25.8 Å². The van der Waals surface area contributed by atoms with Crippen LogP contribution in [0.25, 0.3) is 0 Å². The molecule has 3 aliphatic carbocycles. The molecule has 1 aromatic heterocycles. The van der Waals surface area contributed by atoms with Gasteiger partial charge in [0.2, 0.25) is 0 Å². The number of hydrogen-bond donors (Lipinski definition) is 0. The Morgan fingerprint density at radius 1 is 1.07 bits per heavy atom. The van der Waals surface area contributed by atoms with Crippen LogP contribution in [0.4, 0.5) is 0 Å². The van der Waals surface area contributed by atoms with Crippen LogP contribution in [-0.2, 0) is 6.42 Å². The van der Waals surface area contributed by atoms with Crippen molar-refractivity contribution in [3.8, 4) is 0 Å². The third-order valence-corrected chi connectivity index (χ3v) is 4.36. The average molecular weight is 200 g/mol. The molecule has 2 bridgehead atoms. The van der Waals surface area contributed by atoms with E-state index >= 15 is 0 Å². The van der Waals surface area contributed by atoms with Gasteiger partial charge in [-0.25, -0.2) is 0 Å². The molecule has 1 aromatic rings. The molecule has 0 amide bonds. The first kappa shape index (κ1) is 8.26. The Morgan fingerprint density at radius 2 is 1.93 bits per heavy atom. The quantitative estimate of drug-likeness (QED) is 0.733. The van der Waals surface area contributed by atoms with Gasteiger partial charge in [-0.2, -0.15) is 10.2 Å². The maximum atomic E-state index is 4.47. The standard InChI is InChI=1S/C13H16N2/c1-2-8(1)5-11-7-12-9-3-4-10(6-9)13(12)15-14-11/h7-10H,1-6H2. The highest BCUT2D eigenvalue weighted by Gasteiger charge is 2.38. The minimum atomic E-state index is 0.757. The zero-order valence-corrected chi connectivity index (χ0v) is 8.95. The second-order valence-corrected chi connectivity index (χ2v) is 5.53. The Morgan fingerprint density at radius 3 is 2.80 bits per heavy atom. The highest BCUT2D eigenvalue weighted by molar-refractivity contribution is 5.36. The normalized spacial score (nSPS) is 32.0. The van der Waals surface area contributed by atoms with Gasteiger partial charge in [0.05, 0.1) is 11.4 Å². The summed E-state index contributed by atoms with van der Waals surface area (Å²) in [4.78, 5) is 0. The van der Waals surface area contributed by atoms with Crippen LogP contribution in [0.15, 0.2) is 6.07 Å². The van der Waals surface area contributed by atoms with Crippen molar-refractivity contribution in [2.75, 3.05) is 0 Å². The van der Waals surface area contributed by atoms with Crippen LogP contribution in [0.2, 0.25) is 0 Å². The number of fused-ring (bicyclic) bond motifs is 5. The fourth-order valence-corrected chi connectivity index (χ4v) is 3.33. The first-order valence-corrected chi connectivity index (χ1v) is 6.26. The van der Waals surface area contributed by atoms with E-state index in [1.165, 1.54) is 49.9 Å². The molecule has 0 radical (unpaired) electrons. The van der Waals surface area contributed by atoms with Gasteiger partial charge >= 0.3 is 0 Å². The van der Waals surface area contributed by atoms with Gasteiger partial charge in [-0.1, -0.05) is 0 Å². The molecule has 78 valence electrons. The van der Waals surface area contributed by atoms with Crippen molar-refractivity contribution in [2.45, 2.75) is 50.4 Å². The van der Waals surface area contributed by atoms with Gasteiger partial charge in [-0.3, -0.25) is 0 Å². The molecule has 4 rings (SSSR count). The SMILES string of the molecule is c1c(CC2CC2)nnc2c1C1CCC2C1. The molecule has 3 aliphatic rings. The summed E-state index contributed by atoms with van der Waals surface area (Å²) in [7, 11) is 0. The minimum absolute atomic E-state index is 0.757. The Bertz CT molecular complexity index is 409. The van der Waals surface area contributed by atoms with Crippen molar-refractivity contribution < 1.29 is 0 Å². The number of hydrogen-bond acceptors (Lipinski definition) is 2. The molecule has 15 heavy (non-hydrogen) atoms. The fraction of sp³-hybridized carbons (Fsp3) is 0.692. The monoisotopic (exact) mass is 200 g/mol. The van der Waals surface area contributed by atoms with Gasteiger partial charge in [0.1, 0.15) is 0 Å². The summed E-state index contributed by atoms with van der Waals surface area (Å²) in [6, 6.07) is 2.37. The Kier molecular flexibility index (Phi) is 1.54. The molecule has 0 aromatic carbocycles. The van der Waals surface area contributed by atoms with E-state index in [4.69, 9.17) is 0 Å². The van der Waals surface area contributed by atoms with Crippen LogP contribution in [0.5, 0.6) is 0 Å². The predicted molar refractivity (Wildman–Crippen MR) is 57.8 cm³/mol. The summed E-state index contributed by atoms with van der Waals surface area (Å²) >= 11 is 0. The number of nitrogens with zero attached hydrogens (tertiary/aromatic N) is 2. The van der Waals surface area contributed by atoms with E-state index in [9.17, 15) is 0 Å². The summed E-state index contributed by atoms with van der Waals surface area (Å²) in [6.45, 7) is 0. The van der Waals surface area contributed by atoms with Crippen molar-refractivity contribution in [2.24, 2.45) is 5.92 Å². The van der Waals surface area contributed by atoms with Crippen LogP contribution in [0.3, 0.4) is 0 Å². The molecule has 2 unspecified atom stereocenters. The van der Waals surface area contributed by atoms with E-state index in [2.05, 4.69) is 16.3 Å². The maximum Gasteiger partial charge on any atom is 0.0697 e. The van der Waals surface area contributed by atoms with Gasteiger partial charge in [-0.05, 0) is 62.0 Å². The third kappa shape index (κ3) is 1.23. The number of rotatable bonds is 2. The van der Waals surface area contributed by atoms with E-state index in [1.807, 2.05) is 0 Å². The summed E-state index contributed by atoms with van der Waals surface area (Å²) in [6.07, 6.45) is 8.10. The highest BCUT2D eigenvalue weighted by Crippen LogP contribution is 2.52. The van der Waals surface area contributed by atoms with Gasteiger partial charge in [0.15, 0.2) is 0 Å². The lowest BCUT2D eigenvalue weighted by Crippen LogP contribution is -2.05. The van der Waals surface area contributed by atoms with Gasteiger partial charge in [0, 0.05) is 5.92 Å². The molecule has 1 heterocycles. The largest absolute Gasteiger partial charge is 0.155 e. The molecular formula is C13H16N2. The molecule has 0 N–H and O–H groups in total. The molecular weight excluding hydrogens is 184 g/mol. The lowest BCUT2D eigenvalue weighted by molar-refractivity contribution is 0.665. The summed E-state index contributed by atoms with van der Waals surface area (Å²) in [5, 5.41) is 8.87. The molecule has 2 nitrogen and oxygen atoms in total. The lowest BCUT2D eigenvalue weighted by Gasteiger charge is -2.13. The van der Waals surface area contributed by atoms with Crippen LogP contribution in [0.1, 0.15) is 60.9 Å². The van der Waals surface area contributed by atoms with Gasteiger partial charge < -0.3 is 0 Å². The first-order valence-electron chi connectivity index (χ1n) is 6.26. The smallest absolute Gasteiger partial charge is 0.0697 e. The summed E-state index contributed by atoms with van der Waals surface area (Å²) < 4.78 is 0. The molecule has 2 atom stereocenters. The van der Waals surface area contributed by atoms with E-state index in [1.54, 1.807) is 5.56 Å². The molecule has 2 saturated carbocycles. The maximum absolute atomic E-state index is 4.47. The van der Waals surface area contributed by atoms with Crippen molar-refractivity contribution >= 4 is 0 Å². The van der Waals surface area contributed by atoms with E-state index in [0.717, 1.165) is 17.8 Å². The molecule has 2 heteroatoms. The van der Waals surface area contributed by atoms with Gasteiger partial charge in [-0.15, -0.1) is 0 Å². The molecule has 2 fully saturated rings. The molecule has 0 spiro atoms. The second kappa shape index (κ2) is 2.81. The van der Waals surface area contributed by atoms with Gasteiger partial charge in [0.25, 0.3) is 0 Å². The predicted octanol–water partition coefficient (Wildman–Crippen LogP) is 2.79. The highest BCUT2D eigenvalue weighted by atomic mass is 15.1. The molecule has 0 saturated heterocycles. The van der Waals surface area contributed by atoms with Crippen molar-refractivity contribution in [1.82, 2.24) is 10.2 Å². The summed E-state index contributed by atoms with van der Waals surface area (Å²) in [5.74, 6) is 2.52. The van der Waals surface area contributed by atoms with Crippen LogP contribution in [0, 0.1) is 5.92 Å². The Labute approximate surface area is 90.1 Å². The summed E-state index contributed by atoms with van der Waals surface area (Å²) in [5.41, 5.74) is 4.14. The van der Waals surface area contributed by atoms with Crippen LogP contribution >= 0.6 is 0 Å². The molecule has 0 aliphatic heterocycles. The zero-order chi connectivity index (χ0) is 9.83. The zero-order valence-electron chi connectivity index (χ0n) is 8.95. The number of aromatic nitrogens is 2.